The molecule has 0 saturated heterocycles. The standard InChI is InChI=1S/C15H29NO/c1-14(2,3)12(15(4,5)6)13(17)16-10-11-8-7-9-11/h11-12H,7-10H2,1-6H3,(H,16,17). The molecule has 1 amide bonds. The first-order chi connectivity index (χ1) is 7.62. The molecule has 0 heterocycles. The van der Waals surface area contributed by atoms with Crippen LogP contribution >= 0.6 is 0 Å². The summed E-state index contributed by atoms with van der Waals surface area (Å²) < 4.78 is 0. The van der Waals surface area contributed by atoms with E-state index in [0.717, 1.165) is 12.5 Å². The molecular weight excluding hydrogens is 210 g/mol. The fourth-order valence-corrected chi connectivity index (χ4v) is 3.13. The third kappa shape index (κ3) is 4.01. The Morgan fingerprint density at radius 1 is 1.12 bits per heavy atom. The number of rotatable bonds is 3. The molecule has 0 aromatic carbocycles. The van der Waals surface area contributed by atoms with E-state index in [1.807, 2.05) is 0 Å². The molecule has 1 aliphatic rings. The SMILES string of the molecule is CC(C)(C)C(C(=O)NCC1CCC1)C(C)(C)C. The molecule has 0 aromatic heterocycles. The van der Waals surface area contributed by atoms with E-state index >= 15 is 0 Å². The van der Waals surface area contributed by atoms with E-state index in [0.29, 0.717) is 0 Å². The number of hydrogen-bond acceptors (Lipinski definition) is 1. The first-order valence-corrected chi connectivity index (χ1v) is 6.90. The van der Waals surface area contributed by atoms with E-state index in [2.05, 4.69) is 46.9 Å². The lowest BCUT2D eigenvalue weighted by Crippen LogP contribution is -2.46. The third-order valence-corrected chi connectivity index (χ3v) is 3.78. The zero-order valence-electron chi connectivity index (χ0n) is 12.4. The van der Waals surface area contributed by atoms with Gasteiger partial charge in [0.15, 0.2) is 0 Å². The lowest BCUT2D eigenvalue weighted by Gasteiger charge is -2.40. The fourth-order valence-electron chi connectivity index (χ4n) is 3.13. The van der Waals surface area contributed by atoms with Gasteiger partial charge in [-0.1, -0.05) is 48.0 Å². The third-order valence-electron chi connectivity index (χ3n) is 3.78. The summed E-state index contributed by atoms with van der Waals surface area (Å²) in [6.07, 6.45) is 3.91. The van der Waals surface area contributed by atoms with Crippen LogP contribution in [0.1, 0.15) is 60.8 Å². The van der Waals surface area contributed by atoms with Crippen molar-refractivity contribution < 1.29 is 4.79 Å². The minimum Gasteiger partial charge on any atom is -0.356 e. The molecule has 1 N–H and O–H groups in total. The molecule has 0 bridgehead atoms. The molecule has 1 saturated carbocycles. The molecule has 100 valence electrons. The van der Waals surface area contributed by atoms with E-state index in [9.17, 15) is 4.79 Å². The molecule has 0 radical (unpaired) electrons. The fraction of sp³-hybridized carbons (Fsp3) is 0.933. The summed E-state index contributed by atoms with van der Waals surface area (Å²) in [4.78, 5) is 12.4. The average Bonchev–Trinajstić information content (AvgIpc) is 1.94. The molecule has 2 nitrogen and oxygen atoms in total. The Hall–Kier alpha value is -0.530. The summed E-state index contributed by atoms with van der Waals surface area (Å²) in [5.74, 6) is 1.03. The number of nitrogens with one attached hydrogen (secondary N) is 1. The van der Waals surface area contributed by atoms with E-state index in [-0.39, 0.29) is 22.7 Å². The van der Waals surface area contributed by atoms with E-state index in [1.165, 1.54) is 19.3 Å². The number of amides is 1. The Labute approximate surface area is 107 Å². The smallest absolute Gasteiger partial charge is 0.224 e. The van der Waals surface area contributed by atoms with Crippen molar-refractivity contribution in [3.8, 4) is 0 Å². The largest absolute Gasteiger partial charge is 0.356 e. The summed E-state index contributed by atoms with van der Waals surface area (Å²) in [7, 11) is 0. The maximum atomic E-state index is 12.4. The molecule has 0 atom stereocenters. The van der Waals surface area contributed by atoms with Crippen molar-refractivity contribution in [2.45, 2.75) is 60.8 Å². The second-order valence-corrected chi connectivity index (χ2v) is 7.71. The summed E-state index contributed by atoms with van der Waals surface area (Å²) in [6.45, 7) is 13.8. The minimum absolute atomic E-state index is 0.0158. The predicted molar refractivity (Wildman–Crippen MR) is 72.8 cm³/mol. The highest BCUT2D eigenvalue weighted by atomic mass is 16.1. The van der Waals surface area contributed by atoms with E-state index in [4.69, 9.17) is 0 Å². The zero-order chi connectivity index (χ0) is 13.3. The zero-order valence-corrected chi connectivity index (χ0v) is 12.4. The first-order valence-electron chi connectivity index (χ1n) is 6.90. The predicted octanol–water partition coefficient (Wildman–Crippen LogP) is 3.61. The van der Waals surface area contributed by atoms with Gasteiger partial charge in [-0.3, -0.25) is 4.79 Å². The molecule has 0 spiro atoms. The van der Waals surface area contributed by atoms with Crippen molar-refractivity contribution in [1.29, 1.82) is 0 Å². The lowest BCUT2D eigenvalue weighted by molar-refractivity contribution is -0.133. The maximum Gasteiger partial charge on any atom is 0.224 e. The Bertz CT molecular complexity index is 252. The van der Waals surface area contributed by atoms with E-state index in [1.54, 1.807) is 0 Å². The lowest BCUT2D eigenvalue weighted by atomic mass is 9.66. The van der Waals surface area contributed by atoms with Crippen LogP contribution in [0.2, 0.25) is 0 Å². The highest BCUT2D eigenvalue weighted by molar-refractivity contribution is 5.80. The highest BCUT2D eigenvalue weighted by Gasteiger charge is 2.40. The average molecular weight is 239 g/mol. The van der Waals surface area contributed by atoms with E-state index < -0.39 is 0 Å². The van der Waals surface area contributed by atoms with Gasteiger partial charge >= 0.3 is 0 Å². The van der Waals surface area contributed by atoms with Crippen LogP contribution in [0.5, 0.6) is 0 Å². The Balaban J connectivity index is 2.59. The van der Waals surface area contributed by atoms with Crippen LogP contribution in [-0.4, -0.2) is 12.5 Å². The van der Waals surface area contributed by atoms with Crippen LogP contribution < -0.4 is 5.32 Å². The second kappa shape index (κ2) is 4.99. The summed E-state index contributed by atoms with van der Waals surface area (Å²) >= 11 is 0. The molecule has 1 rings (SSSR count). The van der Waals surface area contributed by atoms with Crippen molar-refractivity contribution in [3.63, 3.8) is 0 Å². The highest BCUT2D eigenvalue weighted by Crippen LogP contribution is 2.40. The van der Waals surface area contributed by atoms with Gasteiger partial charge in [0, 0.05) is 12.5 Å². The van der Waals surface area contributed by atoms with Crippen LogP contribution in [0.15, 0.2) is 0 Å². The van der Waals surface area contributed by atoms with Crippen molar-refractivity contribution >= 4 is 5.91 Å². The van der Waals surface area contributed by atoms with Crippen molar-refractivity contribution in [3.05, 3.63) is 0 Å². The second-order valence-electron chi connectivity index (χ2n) is 7.71. The molecule has 1 fully saturated rings. The summed E-state index contributed by atoms with van der Waals surface area (Å²) in [5, 5.41) is 3.16. The molecule has 2 heteroatoms. The molecular formula is C15H29NO. The Morgan fingerprint density at radius 2 is 1.59 bits per heavy atom. The maximum absolute atomic E-state index is 12.4. The number of carbonyl (C=O) groups excluding carboxylic acids is 1. The monoisotopic (exact) mass is 239 g/mol. The van der Waals surface area contributed by atoms with Crippen LogP contribution in [-0.2, 0) is 4.79 Å². The van der Waals surface area contributed by atoms with Crippen molar-refractivity contribution in [2.75, 3.05) is 6.54 Å². The van der Waals surface area contributed by atoms with Gasteiger partial charge in [0.05, 0.1) is 0 Å². The van der Waals surface area contributed by atoms with Crippen molar-refractivity contribution in [1.82, 2.24) is 5.32 Å². The number of carbonyl (C=O) groups is 1. The summed E-state index contributed by atoms with van der Waals surface area (Å²) in [5.41, 5.74) is 0.0316. The molecule has 17 heavy (non-hydrogen) atoms. The van der Waals surface area contributed by atoms with Gasteiger partial charge < -0.3 is 5.32 Å². The van der Waals surface area contributed by atoms with Gasteiger partial charge in [0.2, 0.25) is 5.91 Å². The first kappa shape index (κ1) is 14.5. The Kier molecular flexibility index (Phi) is 4.27. The van der Waals surface area contributed by atoms with Gasteiger partial charge in [-0.25, -0.2) is 0 Å². The van der Waals surface area contributed by atoms with Gasteiger partial charge in [-0.2, -0.15) is 0 Å². The van der Waals surface area contributed by atoms with Crippen molar-refractivity contribution in [2.24, 2.45) is 22.7 Å². The molecule has 0 aliphatic heterocycles. The van der Waals surface area contributed by atoms with Crippen LogP contribution in [0.3, 0.4) is 0 Å². The van der Waals surface area contributed by atoms with Crippen LogP contribution in [0.25, 0.3) is 0 Å². The minimum atomic E-state index is 0.0158. The molecule has 0 aromatic rings. The van der Waals surface area contributed by atoms with Crippen LogP contribution in [0.4, 0.5) is 0 Å². The normalized spacial score (nSPS) is 18.1. The Morgan fingerprint density at radius 3 is 1.88 bits per heavy atom. The number of hydrogen-bond donors (Lipinski definition) is 1. The van der Waals surface area contributed by atoms with Gasteiger partial charge in [-0.15, -0.1) is 0 Å². The van der Waals surface area contributed by atoms with Gasteiger partial charge in [0.1, 0.15) is 0 Å². The summed E-state index contributed by atoms with van der Waals surface area (Å²) in [6, 6.07) is 0. The quantitative estimate of drug-likeness (QED) is 0.801. The van der Waals surface area contributed by atoms with Gasteiger partial charge in [-0.05, 0) is 29.6 Å². The van der Waals surface area contributed by atoms with Gasteiger partial charge in [0.25, 0.3) is 0 Å². The topological polar surface area (TPSA) is 29.1 Å². The molecule has 0 unspecified atom stereocenters. The van der Waals surface area contributed by atoms with Crippen LogP contribution in [0, 0.1) is 22.7 Å². The molecule has 1 aliphatic carbocycles.